The summed E-state index contributed by atoms with van der Waals surface area (Å²) in [5.41, 5.74) is 2.99. The Morgan fingerprint density at radius 1 is 1.73 bits per heavy atom. The third-order valence-corrected chi connectivity index (χ3v) is 3.33. The quantitative estimate of drug-likeness (QED) is 0.773. The van der Waals surface area contributed by atoms with Crippen LogP contribution in [0.25, 0.3) is 0 Å². The van der Waals surface area contributed by atoms with Gasteiger partial charge < -0.3 is 15.4 Å². The van der Waals surface area contributed by atoms with Gasteiger partial charge in [-0.1, -0.05) is 0 Å². The van der Waals surface area contributed by atoms with E-state index in [1.807, 2.05) is 5.51 Å². The molecular weight excluding hydrogens is 210 g/mol. The highest BCUT2D eigenvalue weighted by molar-refractivity contribution is 7.07. The van der Waals surface area contributed by atoms with Crippen LogP contribution in [0.1, 0.15) is 12.1 Å². The summed E-state index contributed by atoms with van der Waals surface area (Å²) >= 11 is 1.64. The van der Waals surface area contributed by atoms with Gasteiger partial charge in [-0.25, -0.2) is 4.98 Å². The van der Waals surface area contributed by atoms with Crippen molar-refractivity contribution in [1.82, 2.24) is 15.6 Å². The normalized spacial score (nSPS) is 25.9. The van der Waals surface area contributed by atoms with Gasteiger partial charge in [0, 0.05) is 38.2 Å². The average molecular weight is 227 g/mol. The Morgan fingerprint density at radius 2 is 2.67 bits per heavy atom. The molecule has 0 amide bonds. The molecule has 0 spiro atoms. The standard InChI is InChI=1S/C10H17N3OS/c1-14-10-2-8(12-5-10)3-11-4-9-6-15-7-13-9/h6-8,10-12H,2-5H2,1H3. The summed E-state index contributed by atoms with van der Waals surface area (Å²) in [5, 5.41) is 8.91. The van der Waals surface area contributed by atoms with Crippen LogP contribution in [0.2, 0.25) is 0 Å². The molecule has 15 heavy (non-hydrogen) atoms. The first-order valence-electron chi connectivity index (χ1n) is 5.22. The lowest BCUT2D eigenvalue weighted by molar-refractivity contribution is 0.117. The van der Waals surface area contributed by atoms with Crippen LogP contribution in [0.4, 0.5) is 0 Å². The molecule has 2 atom stereocenters. The molecule has 0 radical (unpaired) electrons. The van der Waals surface area contributed by atoms with E-state index in [1.54, 1.807) is 18.4 Å². The van der Waals surface area contributed by atoms with Gasteiger partial charge in [-0.05, 0) is 6.42 Å². The van der Waals surface area contributed by atoms with Crippen molar-refractivity contribution in [3.63, 3.8) is 0 Å². The second-order valence-corrected chi connectivity index (χ2v) is 4.53. The average Bonchev–Trinajstić information content (AvgIpc) is 2.88. The van der Waals surface area contributed by atoms with Gasteiger partial charge in [0.2, 0.25) is 0 Å². The molecular formula is C10H17N3OS. The third kappa shape index (κ3) is 3.24. The smallest absolute Gasteiger partial charge is 0.0795 e. The molecule has 1 aromatic heterocycles. The summed E-state index contributed by atoms with van der Waals surface area (Å²) in [6, 6.07) is 0.536. The van der Waals surface area contributed by atoms with E-state index in [9.17, 15) is 0 Å². The Labute approximate surface area is 94.1 Å². The van der Waals surface area contributed by atoms with Crippen LogP contribution in [0.15, 0.2) is 10.9 Å². The molecule has 1 aliphatic rings. The predicted molar refractivity (Wildman–Crippen MR) is 61.0 cm³/mol. The largest absolute Gasteiger partial charge is 0.380 e. The molecule has 0 aliphatic carbocycles. The summed E-state index contributed by atoms with van der Waals surface area (Å²) in [4.78, 5) is 4.22. The van der Waals surface area contributed by atoms with Crippen molar-refractivity contribution >= 4 is 11.3 Å². The van der Waals surface area contributed by atoms with Gasteiger partial charge in [-0.3, -0.25) is 0 Å². The fourth-order valence-electron chi connectivity index (χ4n) is 1.82. The molecule has 1 fully saturated rings. The molecule has 1 aliphatic heterocycles. The second kappa shape index (κ2) is 5.55. The van der Waals surface area contributed by atoms with E-state index >= 15 is 0 Å². The number of rotatable bonds is 5. The highest BCUT2D eigenvalue weighted by Crippen LogP contribution is 2.08. The van der Waals surface area contributed by atoms with E-state index in [4.69, 9.17) is 4.74 Å². The van der Waals surface area contributed by atoms with Crippen LogP contribution >= 0.6 is 11.3 Å². The van der Waals surface area contributed by atoms with Crippen LogP contribution in [0.3, 0.4) is 0 Å². The maximum atomic E-state index is 5.29. The molecule has 84 valence electrons. The zero-order chi connectivity index (χ0) is 10.5. The molecule has 1 saturated heterocycles. The van der Waals surface area contributed by atoms with Gasteiger partial charge in [0.15, 0.2) is 0 Å². The number of nitrogens with zero attached hydrogens (tertiary/aromatic N) is 1. The summed E-state index contributed by atoms with van der Waals surface area (Å²) in [6.45, 7) is 2.82. The lowest BCUT2D eigenvalue weighted by Crippen LogP contribution is -2.33. The first-order valence-corrected chi connectivity index (χ1v) is 6.16. The van der Waals surface area contributed by atoms with Gasteiger partial charge >= 0.3 is 0 Å². The minimum absolute atomic E-state index is 0.385. The molecule has 4 nitrogen and oxygen atoms in total. The Bertz CT molecular complexity index is 278. The van der Waals surface area contributed by atoms with E-state index in [1.165, 1.54) is 0 Å². The third-order valence-electron chi connectivity index (χ3n) is 2.70. The number of thiazole rings is 1. The zero-order valence-electron chi connectivity index (χ0n) is 8.90. The Balaban J connectivity index is 1.63. The molecule has 1 aromatic rings. The topological polar surface area (TPSA) is 46.2 Å². The van der Waals surface area contributed by atoms with Crippen LogP contribution in [-0.4, -0.2) is 37.3 Å². The zero-order valence-corrected chi connectivity index (χ0v) is 9.72. The fraction of sp³-hybridized carbons (Fsp3) is 0.700. The van der Waals surface area contributed by atoms with Crippen molar-refractivity contribution in [3.8, 4) is 0 Å². The lowest BCUT2D eigenvalue weighted by atomic mass is 10.2. The summed E-state index contributed by atoms with van der Waals surface area (Å²) < 4.78 is 5.29. The van der Waals surface area contributed by atoms with Gasteiger partial charge in [0.1, 0.15) is 0 Å². The fourth-order valence-corrected chi connectivity index (χ4v) is 2.37. The minimum atomic E-state index is 0.385. The Kier molecular flexibility index (Phi) is 4.08. The van der Waals surface area contributed by atoms with Gasteiger partial charge in [-0.15, -0.1) is 11.3 Å². The molecule has 0 saturated carbocycles. The SMILES string of the molecule is COC1CNC(CNCc2cscn2)C1. The van der Waals surface area contributed by atoms with Crippen LogP contribution < -0.4 is 10.6 Å². The van der Waals surface area contributed by atoms with E-state index < -0.39 is 0 Å². The molecule has 0 aromatic carbocycles. The number of hydrogen-bond donors (Lipinski definition) is 2. The maximum absolute atomic E-state index is 5.29. The highest BCUT2D eigenvalue weighted by atomic mass is 32.1. The Morgan fingerprint density at radius 3 is 3.33 bits per heavy atom. The van der Waals surface area contributed by atoms with Gasteiger partial charge in [0.25, 0.3) is 0 Å². The number of hydrogen-bond acceptors (Lipinski definition) is 5. The molecule has 0 bridgehead atoms. The van der Waals surface area contributed by atoms with Crippen molar-refractivity contribution in [2.24, 2.45) is 0 Å². The molecule has 5 heteroatoms. The van der Waals surface area contributed by atoms with E-state index in [0.717, 1.165) is 31.7 Å². The van der Waals surface area contributed by atoms with E-state index in [0.29, 0.717) is 12.1 Å². The number of ether oxygens (including phenoxy) is 1. The van der Waals surface area contributed by atoms with Gasteiger partial charge in [0.05, 0.1) is 17.3 Å². The van der Waals surface area contributed by atoms with Crippen molar-refractivity contribution in [2.75, 3.05) is 20.2 Å². The van der Waals surface area contributed by atoms with Crippen molar-refractivity contribution in [3.05, 3.63) is 16.6 Å². The molecule has 2 rings (SSSR count). The minimum Gasteiger partial charge on any atom is -0.380 e. The summed E-state index contributed by atoms with van der Waals surface area (Å²) in [6.07, 6.45) is 1.48. The number of methoxy groups -OCH3 is 1. The van der Waals surface area contributed by atoms with Crippen LogP contribution in [-0.2, 0) is 11.3 Å². The molecule has 2 unspecified atom stereocenters. The van der Waals surface area contributed by atoms with Crippen molar-refractivity contribution in [2.45, 2.75) is 25.1 Å². The predicted octanol–water partition coefficient (Wildman–Crippen LogP) is 0.610. The van der Waals surface area contributed by atoms with Gasteiger partial charge in [-0.2, -0.15) is 0 Å². The van der Waals surface area contributed by atoms with Crippen molar-refractivity contribution in [1.29, 1.82) is 0 Å². The molecule has 2 heterocycles. The molecule has 2 N–H and O–H groups in total. The highest BCUT2D eigenvalue weighted by Gasteiger charge is 2.22. The van der Waals surface area contributed by atoms with E-state index in [-0.39, 0.29) is 0 Å². The Hall–Kier alpha value is -0.490. The van der Waals surface area contributed by atoms with E-state index in [2.05, 4.69) is 21.0 Å². The number of nitrogens with one attached hydrogen (secondary N) is 2. The van der Waals surface area contributed by atoms with Crippen LogP contribution in [0, 0.1) is 0 Å². The lowest BCUT2D eigenvalue weighted by Gasteiger charge is -2.10. The van der Waals surface area contributed by atoms with Crippen LogP contribution in [0.5, 0.6) is 0 Å². The summed E-state index contributed by atoms with van der Waals surface area (Å²) in [5.74, 6) is 0. The second-order valence-electron chi connectivity index (χ2n) is 3.81. The number of aromatic nitrogens is 1. The first kappa shape index (κ1) is 11.0. The maximum Gasteiger partial charge on any atom is 0.0795 e. The monoisotopic (exact) mass is 227 g/mol. The van der Waals surface area contributed by atoms with Crippen molar-refractivity contribution < 1.29 is 4.74 Å². The first-order chi connectivity index (χ1) is 7.38. The summed E-state index contributed by atoms with van der Waals surface area (Å²) in [7, 11) is 1.78.